The van der Waals surface area contributed by atoms with Crippen LogP contribution in [0.15, 0.2) is 24.3 Å². The molecule has 0 aliphatic carbocycles. The maximum absolute atomic E-state index is 9.82. The number of hydrogen-bond acceptors (Lipinski definition) is 3. The highest BCUT2D eigenvalue weighted by atomic mass is 16.5. The fourth-order valence-corrected chi connectivity index (χ4v) is 1.65. The minimum Gasteiger partial charge on any atom is -0.497 e. The van der Waals surface area contributed by atoms with Crippen molar-refractivity contribution in [3.05, 3.63) is 24.3 Å². The number of methoxy groups -OCH3 is 1. The molecule has 1 atom stereocenters. The molecular formula is C14H22O3. The van der Waals surface area contributed by atoms with Gasteiger partial charge in [-0.3, -0.25) is 0 Å². The van der Waals surface area contributed by atoms with Crippen molar-refractivity contribution in [1.29, 1.82) is 0 Å². The molecule has 0 bridgehead atoms. The third-order valence-corrected chi connectivity index (χ3v) is 2.33. The molecule has 0 spiro atoms. The molecule has 1 unspecified atom stereocenters. The van der Waals surface area contributed by atoms with Crippen LogP contribution in [0.5, 0.6) is 11.5 Å². The molecule has 0 saturated carbocycles. The van der Waals surface area contributed by atoms with E-state index >= 15 is 0 Å². The van der Waals surface area contributed by atoms with Crippen LogP contribution < -0.4 is 9.47 Å². The summed E-state index contributed by atoms with van der Waals surface area (Å²) in [7, 11) is 1.62. The molecule has 0 heterocycles. The highest BCUT2D eigenvalue weighted by Crippen LogP contribution is 2.22. The van der Waals surface area contributed by atoms with Crippen molar-refractivity contribution in [1.82, 2.24) is 0 Å². The van der Waals surface area contributed by atoms with Crippen LogP contribution in [-0.2, 0) is 0 Å². The largest absolute Gasteiger partial charge is 0.497 e. The van der Waals surface area contributed by atoms with Gasteiger partial charge < -0.3 is 14.6 Å². The van der Waals surface area contributed by atoms with Gasteiger partial charge in [0.2, 0.25) is 0 Å². The quantitative estimate of drug-likeness (QED) is 0.857. The summed E-state index contributed by atoms with van der Waals surface area (Å²) < 4.78 is 10.6. The van der Waals surface area contributed by atoms with Gasteiger partial charge in [-0.2, -0.15) is 0 Å². The van der Waals surface area contributed by atoms with E-state index < -0.39 is 6.10 Å². The van der Waals surface area contributed by atoms with Crippen LogP contribution >= 0.6 is 0 Å². The van der Waals surface area contributed by atoms with E-state index in [0.717, 1.165) is 17.9 Å². The Morgan fingerprint density at radius 2 is 1.88 bits per heavy atom. The number of aliphatic hydroxyl groups excluding tert-OH is 1. The topological polar surface area (TPSA) is 38.7 Å². The average molecular weight is 238 g/mol. The molecule has 0 saturated heterocycles. The maximum atomic E-state index is 9.82. The van der Waals surface area contributed by atoms with Crippen molar-refractivity contribution < 1.29 is 14.6 Å². The lowest BCUT2D eigenvalue weighted by atomic mass is 9.89. The van der Waals surface area contributed by atoms with Gasteiger partial charge in [0, 0.05) is 6.07 Å². The smallest absolute Gasteiger partial charge is 0.123 e. The zero-order valence-corrected chi connectivity index (χ0v) is 11.1. The number of benzene rings is 1. The fraction of sp³-hybridized carbons (Fsp3) is 0.571. The van der Waals surface area contributed by atoms with Crippen molar-refractivity contribution in [2.75, 3.05) is 13.7 Å². The normalized spacial score (nSPS) is 13.2. The fourth-order valence-electron chi connectivity index (χ4n) is 1.65. The second kappa shape index (κ2) is 5.92. The summed E-state index contributed by atoms with van der Waals surface area (Å²) in [6.07, 6.45) is 0.276. The molecule has 0 aliphatic heterocycles. The van der Waals surface area contributed by atoms with E-state index in [9.17, 15) is 5.11 Å². The number of aliphatic hydroxyl groups is 1. The summed E-state index contributed by atoms with van der Waals surface area (Å²) in [6.45, 7) is 6.61. The zero-order chi connectivity index (χ0) is 12.9. The van der Waals surface area contributed by atoms with E-state index in [1.807, 2.05) is 24.3 Å². The molecule has 1 N–H and O–H groups in total. The van der Waals surface area contributed by atoms with Crippen molar-refractivity contribution in [3.63, 3.8) is 0 Å². The van der Waals surface area contributed by atoms with Gasteiger partial charge >= 0.3 is 0 Å². The average Bonchev–Trinajstić information content (AvgIpc) is 2.24. The summed E-state index contributed by atoms with van der Waals surface area (Å²) >= 11 is 0. The standard InChI is InChI=1S/C14H22O3/c1-14(2,3)9-11(15)10-17-13-7-5-6-12(8-13)16-4/h5-8,11,15H,9-10H2,1-4H3. The summed E-state index contributed by atoms with van der Waals surface area (Å²) in [4.78, 5) is 0. The third kappa shape index (κ3) is 5.59. The monoisotopic (exact) mass is 238 g/mol. The van der Waals surface area contributed by atoms with Crippen LogP contribution in [0.3, 0.4) is 0 Å². The van der Waals surface area contributed by atoms with E-state index in [1.54, 1.807) is 7.11 Å². The van der Waals surface area contributed by atoms with Gasteiger partial charge in [-0.15, -0.1) is 0 Å². The second-order valence-electron chi connectivity index (χ2n) is 5.41. The van der Waals surface area contributed by atoms with E-state index in [2.05, 4.69) is 20.8 Å². The Bertz CT molecular complexity index is 342. The lowest BCUT2D eigenvalue weighted by Crippen LogP contribution is -2.23. The first-order chi connectivity index (χ1) is 7.90. The Hall–Kier alpha value is -1.22. The molecule has 0 radical (unpaired) electrons. The summed E-state index contributed by atoms with van der Waals surface area (Å²) in [5, 5.41) is 9.82. The maximum Gasteiger partial charge on any atom is 0.123 e. The number of rotatable bonds is 5. The van der Waals surface area contributed by atoms with Crippen LogP contribution in [0.2, 0.25) is 0 Å². The van der Waals surface area contributed by atoms with Crippen molar-refractivity contribution in [2.24, 2.45) is 5.41 Å². The molecular weight excluding hydrogens is 216 g/mol. The van der Waals surface area contributed by atoms with Gasteiger partial charge in [-0.05, 0) is 24.0 Å². The molecule has 96 valence electrons. The first-order valence-electron chi connectivity index (χ1n) is 5.85. The highest BCUT2D eigenvalue weighted by Gasteiger charge is 2.17. The predicted molar refractivity (Wildman–Crippen MR) is 68.6 cm³/mol. The number of ether oxygens (including phenoxy) is 2. The Morgan fingerprint density at radius 1 is 1.24 bits per heavy atom. The van der Waals surface area contributed by atoms with Gasteiger partial charge in [0.05, 0.1) is 13.2 Å². The van der Waals surface area contributed by atoms with Crippen LogP contribution in [0.1, 0.15) is 27.2 Å². The van der Waals surface area contributed by atoms with Gasteiger partial charge in [-0.1, -0.05) is 26.8 Å². The Kier molecular flexibility index (Phi) is 4.82. The summed E-state index contributed by atoms with van der Waals surface area (Å²) in [5.41, 5.74) is 0.108. The first-order valence-corrected chi connectivity index (χ1v) is 5.85. The van der Waals surface area contributed by atoms with E-state index in [0.29, 0.717) is 6.61 Å². The lowest BCUT2D eigenvalue weighted by Gasteiger charge is -2.22. The van der Waals surface area contributed by atoms with Crippen molar-refractivity contribution >= 4 is 0 Å². The Labute approximate surface area is 103 Å². The second-order valence-corrected chi connectivity index (χ2v) is 5.41. The Morgan fingerprint density at radius 3 is 2.47 bits per heavy atom. The van der Waals surface area contributed by atoms with Crippen molar-refractivity contribution in [2.45, 2.75) is 33.3 Å². The van der Waals surface area contributed by atoms with Crippen molar-refractivity contribution in [3.8, 4) is 11.5 Å². The minimum atomic E-state index is -0.443. The Balaban J connectivity index is 2.44. The number of hydrogen-bond donors (Lipinski definition) is 1. The zero-order valence-electron chi connectivity index (χ0n) is 11.1. The molecule has 3 nitrogen and oxygen atoms in total. The first kappa shape index (κ1) is 13.8. The molecule has 3 heteroatoms. The van der Waals surface area contributed by atoms with E-state index in [1.165, 1.54) is 0 Å². The van der Waals surface area contributed by atoms with Gasteiger partial charge in [-0.25, -0.2) is 0 Å². The van der Waals surface area contributed by atoms with Crippen LogP contribution in [-0.4, -0.2) is 24.9 Å². The van der Waals surface area contributed by atoms with Gasteiger partial charge in [0.15, 0.2) is 0 Å². The molecule has 17 heavy (non-hydrogen) atoms. The predicted octanol–water partition coefficient (Wildman–Crippen LogP) is 2.87. The minimum absolute atomic E-state index is 0.108. The SMILES string of the molecule is COc1cccc(OCC(O)CC(C)(C)C)c1. The summed E-state index contributed by atoms with van der Waals surface area (Å²) in [6, 6.07) is 7.39. The third-order valence-electron chi connectivity index (χ3n) is 2.33. The van der Waals surface area contributed by atoms with E-state index in [4.69, 9.17) is 9.47 Å². The molecule has 0 fully saturated rings. The molecule has 1 rings (SSSR count). The molecule has 0 aliphatic rings. The van der Waals surface area contributed by atoms with Crippen LogP contribution in [0.25, 0.3) is 0 Å². The highest BCUT2D eigenvalue weighted by molar-refractivity contribution is 5.32. The van der Waals surface area contributed by atoms with Crippen LogP contribution in [0.4, 0.5) is 0 Å². The summed E-state index contributed by atoms with van der Waals surface area (Å²) in [5.74, 6) is 1.48. The van der Waals surface area contributed by atoms with Crippen LogP contribution in [0, 0.1) is 5.41 Å². The van der Waals surface area contributed by atoms with E-state index in [-0.39, 0.29) is 5.41 Å². The lowest BCUT2D eigenvalue weighted by molar-refractivity contribution is 0.0709. The molecule has 1 aromatic carbocycles. The molecule has 1 aromatic rings. The molecule has 0 amide bonds. The van der Waals surface area contributed by atoms with Gasteiger partial charge in [0.1, 0.15) is 18.1 Å². The molecule has 0 aromatic heterocycles. The van der Waals surface area contributed by atoms with Gasteiger partial charge in [0.25, 0.3) is 0 Å².